The first-order chi connectivity index (χ1) is 12.7. The van der Waals surface area contributed by atoms with Gasteiger partial charge in [0.1, 0.15) is 17.2 Å². The van der Waals surface area contributed by atoms with Gasteiger partial charge in [-0.25, -0.2) is 0 Å². The lowest BCUT2D eigenvalue weighted by atomic mass is 10.3. The molecule has 2 aromatic carbocycles. The lowest BCUT2D eigenvalue weighted by Gasteiger charge is -2.11. The predicted molar refractivity (Wildman–Crippen MR) is 109 cm³/mol. The van der Waals surface area contributed by atoms with Crippen molar-refractivity contribution in [1.82, 2.24) is 5.32 Å². The minimum Gasteiger partial charge on any atom is -0.494 e. The number of anilines is 1. The van der Waals surface area contributed by atoms with Crippen LogP contribution in [0.5, 0.6) is 17.2 Å². The molecule has 2 aromatic rings. The smallest absolute Gasteiger partial charge is 0.170 e. The molecule has 0 radical (unpaired) electrons. The highest BCUT2D eigenvalue weighted by atomic mass is 32.1. The number of ether oxygens (including phenoxy) is 3. The lowest BCUT2D eigenvalue weighted by molar-refractivity contribution is 0.146. The van der Waals surface area contributed by atoms with Crippen LogP contribution in [0.4, 0.5) is 5.69 Å². The van der Waals surface area contributed by atoms with E-state index in [1.807, 2.05) is 62.4 Å². The van der Waals surface area contributed by atoms with Gasteiger partial charge in [-0.2, -0.15) is 0 Å². The van der Waals surface area contributed by atoms with Crippen molar-refractivity contribution in [2.75, 3.05) is 31.7 Å². The molecule has 5 nitrogen and oxygen atoms in total. The van der Waals surface area contributed by atoms with E-state index >= 15 is 0 Å². The van der Waals surface area contributed by atoms with Crippen LogP contribution in [0.3, 0.4) is 0 Å². The summed E-state index contributed by atoms with van der Waals surface area (Å²) in [6.07, 6.45) is 0.921. The SMILES string of the molecule is CCOCCCNC(=S)Nc1ccc(Oc2ccc(OCC)cc2)cc1. The molecule has 0 unspecified atom stereocenters. The van der Waals surface area contributed by atoms with E-state index in [1.165, 1.54) is 0 Å². The van der Waals surface area contributed by atoms with E-state index in [-0.39, 0.29) is 0 Å². The molecule has 0 aliphatic carbocycles. The molecule has 0 heterocycles. The van der Waals surface area contributed by atoms with Gasteiger partial charge in [0.05, 0.1) is 6.61 Å². The zero-order valence-electron chi connectivity index (χ0n) is 15.3. The first-order valence-electron chi connectivity index (χ1n) is 8.84. The molecule has 0 aliphatic rings. The standard InChI is InChI=1S/C20H26N2O3S/c1-3-23-15-5-14-21-20(26)22-16-6-8-18(9-7-16)25-19-12-10-17(11-13-19)24-4-2/h6-13H,3-5,14-15H2,1-2H3,(H2,21,22,26). The van der Waals surface area contributed by atoms with Crippen LogP contribution in [0.25, 0.3) is 0 Å². The highest BCUT2D eigenvalue weighted by molar-refractivity contribution is 7.80. The second-order valence-corrected chi connectivity index (χ2v) is 5.87. The summed E-state index contributed by atoms with van der Waals surface area (Å²) in [5.74, 6) is 2.36. The Morgan fingerprint density at radius 3 is 2.12 bits per heavy atom. The van der Waals surface area contributed by atoms with Crippen LogP contribution in [0.2, 0.25) is 0 Å². The van der Waals surface area contributed by atoms with E-state index < -0.39 is 0 Å². The first kappa shape index (κ1) is 20.0. The Bertz CT molecular complexity index is 660. The van der Waals surface area contributed by atoms with Gasteiger partial charge in [0.2, 0.25) is 0 Å². The summed E-state index contributed by atoms with van der Waals surface area (Å²) in [5.41, 5.74) is 0.909. The molecule has 0 bridgehead atoms. The van der Waals surface area contributed by atoms with Crippen LogP contribution in [-0.4, -0.2) is 31.5 Å². The summed E-state index contributed by atoms with van der Waals surface area (Å²) >= 11 is 5.28. The molecular formula is C20H26N2O3S. The molecule has 0 atom stereocenters. The quantitative estimate of drug-likeness (QED) is 0.469. The van der Waals surface area contributed by atoms with Gasteiger partial charge in [0.15, 0.2) is 5.11 Å². The maximum atomic E-state index is 5.83. The monoisotopic (exact) mass is 374 g/mol. The summed E-state index contributed by atoms with van der Waals surface area (Å²) < 4.78 is 16.5. The minimum atomic E-state index is 0.599. The number of rotatable bonds is 10. The molecular weight excluding hydrogens is 348 g/mol. The average molecular weight is 375 g/mol. The highest BCUT2D eigenvalue weighted by Gasteiger charge is 2.01. The van der Waals surface area contributed by atoms with Crippen LogP contribution < -0.4 is 20.1 Å². The van der Waals surface area contributed by atoms with E-state index in [9.17, 15) is 0 Å². The summed E-state index contributed by atoms with van der Waals surface area (Å²) in [4.78, 5) is 0. The molecule has 2 N–H and O–H groups in total. The van der Waals surface area contributed by atoms with Crippen molar-refractivity contribution in [1.29, 1.82) is 0 Å². The fourth-order valence-corrected chi connectivity index (χ4v) is 2.43. The number of hydrogen-bond acceptors (Lipinski definition) is 4. The van der Waals surface area contributed by atoms with Crippen LogP contribution in [0, 0.1) is 0 Å². The third kappa shape index (κ3) is 7.29. The van der Waals surface area contributed by atoms with Gasteiger partial charge in [0.25, 0.3) is 0 Å². The van der Waals surface area contributed by atoms with E-state index in [4.69, 9.17) is 26.4 Å². The Hall–Kier alpha value is -2.31. The van der Waals surface area contributed by atoms with Crippen LogP contribution in [0.1, 0.15) is 20.3 Å². The molecule has 2 rings (SSSR count). The van der Waals surface area contributed by atoms with Gasteiger partial charge < -0.3 is 24.8 Å². The molecule has 6 heteroatoms. The molecule has 0 spiro atoms. The normalized spacial score (nSPS) is 10.2. The Kier molecular flexibility index (Phi) is 8.72. The number of benzene rings is 2. The van der Waals surface area contributed by atoms with Crippen LogP contribution >= 0.6 is 12.2 Å². The number of thiocarbonyl (C=S) groups is 1. The van der Waals surface area contributed by atoms with Gasteiger partial charge in [-0.05, 0) is 81.0 Å². The third-order valence-electron chi connectivity index (χ3n) is 3.44. The predicted octanol–water partition coefficient (Wildman–Crippen LogP) is 4.59. The van der Waals surface area contributed by atoms with Gasteiger partial charge in [-0.3, -0.25) is 0 Å². The Balaban J connectivity index is 1.77. The highest BCUT2D eigenvalue weighted by Crippen LogP contribution is 2.25. The molecule has 26 heavy (non-hydrogen) atoms. The van der Waals surface area contributed by atoms with Crippen molar-refractivity contribution in [2.24, 2.45) is 0 Å². The zero-order valence-corrected chi connectivity index (χ0v) is 16.1. The second-order valence-electron chi connectivity index (χ2n) is 5.46. The number of nitrogens with one attached hydrogen (secondary N) is 2. The van der Waals surface area contributed by atoms with Crippen molar-refractivity contribution < 1.29 is 14.2 Å². The van der Waals surface area contributed by atoms with Crippen LogP contribution in [-0.2, 0) is 4.74 Å². The van der Waals surface area contributed by atoms with E-state index in [0.29, 0.717) is 11.7 Å². The summed E-state index contributed by atoms with van der Waals surface area (Å²) in [7, 11) is 0. The molecule has 140 valence electrons. The largest absolute Gasteiger partial charge is 0.494 e. The lowest BCUT2D eigenvalue weighted by Crippen LogP contribution is -2.29. The van der Waals surface area contributed by atoms with Crippen molar-refractivity contribution in [2.45, 2.75) is 20.3 Å². The first-order valence-corrected chi connectivity index (χ1v) is 9.25. The molecule has 0 aliphatic heterocycles. The summed E-state index contributed by atoms with van der Waals surface area (Å²) in [6, 6.07) is 15.2. The molecule has 0 fully saturated rings. The minimum absolute atomic E-state index is 0.599. The van der Waals surface area contributed by atoms with E-state index in [2.05, 4.69) is 10.6 Å². The van der Waals surface area contributed by atoms with Crippen molar-refractivity contribution in [3.8, 4) is 17.2 Å². The maximum Gasteiger partial charge on any atom is 0.170 e. The number of hydrogen-bond donors (Lipinski definition) is 2. The zero-order chi connectivity index (χ0) is 18.6. The van der Waals surface area contributed by atoms with E-state index in [0.717, 1.165) is 49.1 Å². The van der Waals surface area contributed by atoms with E-state index in [1.54, 1.807) is 0 Å². The van der Waals surface area contributed by atoms with Crippen molar-refractivity contribution >= 4 is 23.0 Å². The molecule has 0 amide bonds. The van der Waals surface area contributed by atoms with Crippen molar-refractivity contribution in [3.05, 3.63) is 48.5 Å². The van der Waals surface area contributed by atoms with Crippen molar-refractivity contribution in [3.63, 3.8) is 0 Å². The van der Waals surface area contributed by atoms with Gasteiger partial charge in [-0.1, -0.05) is 0 Å². The topological polar surface area (TPSA) is 51.8 Å². The summed E-state index contributed by atoms with van der Waals surface area (Å²) in [6.45, 7) is 6.87. The molecule has 0 aromatic heterocycles. The van der Waals surface area contributed by atoms with Gasteiger partial charge in [-0.15, -0.1) is 0 Å². The third-order valence-corrected chi connectivity index (χ3v) is 3.68. The molecule has 0 saturated carbocycles. The Labute approximate surface area is 160 Å². The van der Waals surface area contributed by atoms with Gasteiger partial charge >= 0.3 is 0 Å². The Morgan fingerprint density at radius 2 is 1.50 bits per heavy atom. The van der Waals surface area contributed by atoms with Gasteiger partial charge in [0, 0.05) is 25.4 Å². The molecule has 0 saturated heterocycles. The Morgan fingerprint density at radius 1 is 0.885 bits per heavy atom. The maximum absolute atomic E-state index is 5.83. The summed E-state index contributed by atoms with van der Waals surface area (Å²) in [5, 5.41) is 6.91. The van der Waals surface area contributed by atoms with Crippen LogP contribution in [0.15, 0.2) is 48.5 Å². The second kappa shape index (κ2) is 11.3. The fourth-order valence-electron chi connectivity index (χ4n) is 2.21. The fraction of sp³-hybridized carbons (Fsp3) is 0.350. The average Bonchev–Trinajstić information content (AvgIpc) is 2.65.